The standard InChI is InChI=1S/C20H26O3/c1-17(11-9-15-21)10-7-5-4-6-8-12-18-13-14-19(22-2)16-20(18)23-3/h5,7-8,10,12-16H,4,6,9,11H2,1-3H3/b7-5+,12-8-,17-10+. The van der Waals surface area contributed by atoms with Gasteiger partial charge in [-0.3, -0.25) is 0 Å². The number of hydrogen-bond donors (Lipinski definition) is 0. The van der Waals surface area contributed by atoms with Crippen molar-refractivity contribution in [2.45, 2.75) is 32.6 Å². The van der Waals surface area contributed by atoms with Gasteiger partial charge in [-0.15, -0.1) is 0 Å². The molecule has 0 radical (unpaired) electrons. The molecule has 3 heteroatoms. The van der Waals surface area contributed by atoms with Crippen LogP contribution in [0.2, 0.25) is 0 Å². The molecule has 0 aliphatic heterocycles. The van der Waals surface area contributed by atoms with E-state index in [9.17, 15) is 4.79 Å². The summed E-state index contributed by atoms with van der Waals surface area (Å²) in [5.74, 6) is 1.60. The highest BCUT2D eigenvalue weighted by molar-refractivity contribution is 5.59. The van der Waals surface area contributed by atoms with E-state index in [2.05, 4.69) is 30.4 Å². The van der Waals surface area contributed by atoms with Crippen molar-refractivity contribution in [1.82, 2.24) is 0 Å². The van der Waals surface area contributed by atoms with Gasteiger partial charge >= 0.3 is 0 Å². The van der Waals surface area contributed by atoms with Gasteiger partial charge < -0.3 is 14.3 Å². The molecule has 1 aromatic rings. The zero-order valence-corrected chi connectivity index (χ0v) is 14.2. The van der Waals surface area contributed by atoms with Crippen LogP contribution in [0.4, 0.5) is 0 Å². The lowest BCUT2D eigenvalue weighted by atomic mass is 10.1. The summed E-state index contributed by atoms with van der Waals surface area (Å²) in [6.07, 6.45) is 14.8. The molecular weight excluding hydrogens is 288 g/mol. The van der Waals surface area contributed by atoms with E-state index < -0.39 is 0 Å². The molecular formula is C20H26O3. The number of carbonyl (C=O) groups is 1. The van der Waals surface area contributed by atoms with Crippen LogP contribution in [-0.2, 0) is 4.79 Å². The Kier molecular flexibility index (Phi) is 9.22. The van der Waals surface area contributed by atoms with E-state index in [1.54, 1.807) is 14.2 Å². The minimum Gasteiger partial charge on any atom is -0.497 e. The first-order chi connectivity index (χ1) is 11.2. The van der Waals surface area contributed by atoms with E-state index in [-0.39, 0.29) is 0 Å². The Balaban J connectivity index is 2.43. The molecule has 0 saturated heterocycles. The van der Waals surface area contributed by atoms with E-state index in [1.807, 2.05) is 25.1 Å². The number of unbranched alkanes of at least 4 members (excludes halogenated alkanes) is 1. The van der Waals surface area contributed by atoms with E-state index in [0.29, 0.717) is 6.42 Å². The third-order valence-corrected chi connectivity index (χ3v) is 3.41. The lowest BCUT2D eigenvalue weighted by Gasteiger charge is -2.07. The van der Waals surface area contributed by atoms with Crippen LogP contribution in [0, 0.1) is 0 Å². The van der Waals surface area contributed by atoms with Crippen molar-refractivity contribution in [1.29, 1.82) is 0 Å². The van der Waals surface area contributed by atoms with E-state index in [1.165, 1.54) is 5.57 Å². The van der Waals surface area contributed by atoms with Gasteiger partial charge in [-0.05, 0) is 38.3 Å². The van der Waals surface area contributed by atoms with E-state index >= 15 is 0 Å². The fourth-order valence-electron chi connectivity index (χ4n) is 2.06. The number of ether oxygens (including phenoxy) is 2. The fourth-order valence-corrected chi connectivity index (χ4v) is 2.06. The lowest BCUT2D eigenvalue weighted by molar-refractivity contribution is -0.107. The van der Waals surface area contributed by atoms with Crippen LogP contribution in [0.25, 0.3) is 6.08 Å². The molecule has 0 amide bonds. The first-order valence-electron chi connectivity index (χ1n) is 7.85. The number of hydrogen-bond acceptors (Lipinski definition) is 3. The maximum atomic E-state index is 10.3. The average Bonchev–Trinajstić information content (AvgIpc) is 2.59. The predicted octanol–water partition coefficient (Wildman–Crippen LogP) is 4.98. The Bertz CT molecular complexity index is 568. The Hall–Kier alpha value is -2.29. The van der Waals surface area contributed by atoms with Crippen LogP contribution in [0.3, 0.4) is 0 Å². The van der Waals surface area contributed by atoms with Crippen molar-refractivity contribution < 1.29 is 14.3 Å². The van der Waals surface area contributed by atoms with E-state index in [4.69, 9.17) is 9.47 Å². The Morgan fingerprint density at radius 1 is 1.09 bits per heavy atom. The van der Waals surface area contributed by atoms with Crippen molar-refractivity contribution in [2.24, 2.45) is 0 Å². The fraction of sp³-hybridized carbons (Fsp3) is 0.350. The maximum Gasteiger partial charge on any atom is 0.129 e. The molecule has 0 spiro atoms. The molecule has 1 aromatic carbocycles. The molecule has 0 N–H and O–H groups in total. The summed E-state index contributed by atoms with van der Waals surface area (Å²) in [5.41, 5.74) is 2.27. The summed E-state index contributed by atoms with van der Waals surface area (Å²) in [6.45, 7) is 2.05. The smallest absolute Gasteiger partial charge is 0.129 e. The van der Waals surface area contributed by atoms with Crippen LogP contribution in [0.1, 0.15) is 38.2 Å². The van der Waals surface area contributed by atoms with Crippen molar-refractivity contribution in [3.63, 3.8) is 0 Å². The van der Waals surface area contributed by atoms with Crippen LogP contribution in [0.5, 0.6) is 11.5 Å². The van der Waals surface area contributed by atoms with Crippen LogP contribution >= 0.6 is 0 Å². The average molecular weight is 314 g/mol. The molecule has 0 fully saturated rings. The summed E-state index contributed by atoms with van der Waals surface area (Å²) < 4.78 is 10.6. The van der Waals surface area contributed by atoms with Gasteiger partial charge in [-0.1, -0.05) is 36.0 Å². The highest BCUT2D eigenvalue weighted by Gasteiger charge is 2.01. The van der Waals surface area contributed by atoms with Crippen molar-refractivity contribution >= 4 is 12.4 Å². The zero-order chi connectivity index (χ0) is 16.9. The molecule has 0 aliphatic carbocycles. The van der Waals surface area contributed by atoms with Gasteiger partial charge in [0.15, 0.2) is 0 Å². The second kappa shape index (κ2) is 11.3. The third-order valence-electron chi connectivity index (χ3n) is 3.41. The molecule has 3 nitrogen and oxygen atoms in total. The van der Waals surface area contributed by atoms with Gasteiger partial charge in [0.25, 0.3) is 0 Å². The Morgan fingerprint density at radius 3 is 2.57 bits per heavy atom. The van der Waals surface area contributed by atoms with Crippen molar-refractivity contribution in [3.8, 4) is 11.5 Å². The second-order valence-electron chi connectivity index (χ2n) is 5.23. The minimum atomic E-state index is 0.600. The topological polar surface area (TPSA) is 35.5 Å². The summed E-state index contributed by atoms with van der Waals surface area (Å²) in [7, 11) is 3.31. The molecule has 0 aliphatic rings. The third kappa shape index (κ3) is 7.50. The van der Waals surface area contributed by atoms with Crippen molar-refractivity contribution in [2.75, 3.05) is 14.2 Å². The van der Waals surface area contributed by atoms with Crippen LogP contribution < -0.4 is 9.47 Å². The molecule has 0 saturated carbocycles. The molecule has 124 valence electrons. The quantitative estimate of drug-likeness (QED) is 0.347. The molecule has 23 heavy (non-hydrogen) atoms. The highest BCUT2D eigenvalue weighted by Crippen LogP contribution is 2.25. The van der Waals surface area contributed by atoms with Gasteiger partial charge in [0.05, 0.1) is 14.2 Å². The highest BCUT2D eigenvalue weighted by atomic mass is 16.5. The summed E-state index contributed by atoms with van der Waals surface area (Å²) >= 11 is 0. The Labute approximate surface area is 139 Å². The number of aldehydes is 1. The number of allylic oxidation sites excluding steroid dienone is 5. The Morgan fingerprint density at radius 2 is 1.87 bits per heavy atom. The summed E-state index contributed by atoms with van der Waals surface area (Å²) in [6, 6.07) is 5.80. The van der Waals surface area contributed by atoms with Gasteiger partial charge in [0.1, 0.15) is 17.8 Å². The predicted molar refractivity (Wildman–Crippen MR) is 96.0 cm³/mol. The largest absolute Gasteiger partial charge is 0.497 e. The molecule has 1 rings (SSSR count). The van der Waals surface area contributed by atoms with Crippen molar-refractivity contribution in [3.05, 3.63) is 53.6 Å². The van der Waals surface area contributed by atoms with E-state index in [0.717, 1.165) is 42.6 Å². The number of rotatable bonds is 10. The molecule has 0 aromatic heterocycles. The van der Waals surface area contributed by atoms with Gasteiger partial charge in [-0.2, -0.15) is 0 Å². The first-order valence-corrected chi connectivity index (χ1v) is 7.85. The summed E-state index contributed by atoms with van der Waals surface area (Å²) in [5, 5.41) is 0. The monoisotopic (exact) mass is 314 g/mol. The van der Waals surface area contributed by atoms with Gasteiger partial charge in [0, 0.05) is 18.1 Å². The lowest BCUT2D eigenvalue weighted by Crippen LogP contribution is -1.89. The molecule has 0 atom stereocenters. The number of methoxy groups -OCH3 is 2. The van der Waals surface area contributed by atoms with Gasteiger partial charge in [0.2, 0.25) is 0 Å². The molecule has 0 unspecified atom stereocenters. The van der Waals surface area contributed by atoms with Gasteiger partial charge in [-0.25, -0.2) is 0 Å². The van der Waals surface area contributed by atoms with Crippen LogP contribution in [0.15, 0.2) is 48.1 Å². The number of benzene rings is 1. The zero-order valence-electron chi connectivity index (χ0n) is 14.2. The second-order valence-corrected chi connectivity index (χ2v) is 5.23. The first kappa shape index (κ1) is 18.8. The number of carbonyl (C=O) groups excluding carboxylic acids is 1. The summed E-state index contributed by atoms with van der Waals surface area (Å²) in [4.78, 5) is 10.3. The minimum absolute atomic E-state index is 0.600. The molecule has 0 heterocycles. The molecule has 0 bridgehead atoms. The normalized spacial score (nSPS) is 12.0. The van der Waals surface area contributed by atoms with Crippen LogP contribution in [-0.4, -0.2) is 20.5 Å². The SMILES string of the molecule is COc1ccc(/C=C\CC/C=C/C=C(\C)CCC=O)c(OC)c1. The maximum absolute atomic E-state index is 10.3.